The Morgan fingerprint density at radius 1 is 1.00 bits per heavy atom. The Balaban J connectivity index is 1.58. The van der Waals surface area contributed by atoms with Gasteiger partial charge in [-0.3, -0.25) is 4.57 Å². The lowest BCUT2D eigenvalue weighted by molar-refractivity contribution is 0.122. The van der Waals surface area contributed by atoms with E-state index in [-0.39, 0.29) is 5.82 Å². The molecule has 0 unspecified atom stereocenters. The van der Waals surface area contributed by atoms with Gasteiger partial charge in [-0.1, -0.05) is 24.3 Å². The quantitative estimate of drug-likeness (QED) is 0.421. The van der Waals surface area contributed by atoms with Crippen LogP contribution in [0.2, 0.25) is 0 Å². The largest absolute Gasteiger partial charge is 0.378 e. The van der Waals surface area contributed by atoms with E-state index < -0.39 is 6.43 Å². The van der Waals surface area contributed by atoms with Gasteiger partial charge in [0, 0.05) is 31.4 Å². The monoisotopic (exact) mass is 479 g/mol. The number of fused-ring (bicyclic) bond motifs is 1. The molecule has 2 aromatic heterocycles. The third-order valence-corrected chi connectivity index (χ3v) is 5.73. The van der Waals surface area contributed by atoms with Crippen molar-refractivity contribution in [2.24, 2.45) is 0 Å². The number of imidazole rings is 1. The van der Waals surface area contributed by atoms with E-state index in [2.05, 4.69) is 20.2 Å². The summed E-state index contributed by atoms with van der Waals surface area (Å²) in [6, 6.07) is 16.8. The van der Waals surface area contributed by atoms with E-state index in [1.165, 1.54) is 10.1 Å². The van der Waals surface area contributed by atoms with Crippen LogP contribution >= 0.6 is 0 Å². The van der Waals surface area contributed by atoms with Crippen molar-refractivity contribution in [3.05, 3.63) is 66.0 Å². The number of benzene rings is 2. The number of hydrogen-bond acceptors (Lipinski definition) is 7. The molecule has 182 valence electrons. The van der Waals surface area contributed by atoms with E-state index in [4.69, 9.17) is 9.72 Å². The highest BCUT2D eigenvalue weighted by atomic mass is 19.3. The number of rotatable bonds is 7. The Kier molecular flexibility index (Phi) is 6.56. The molecule has 0 amide bonds. The fourth-order valence-corrected chi connectivity index (χ4v) is 4.14. The molecule has 8 nitrogen and oxygen atoms in total. The van der Waals surface area contributed by atoms with Crippen LogP contribution in [0.1, 0.15) is 17.8 Å². The second kappa shape index (κ2) is 9.93. The van der Waals surface area contributed by atoms with Gasteiger partial charge < -0.3 is 19.9 Å². The number of morpholine rings is 1. The van der Waals surface area contributed by atoms with Crippen LogP contribution < -0.4 is 10.2 Å². The van der Waals surface area contributed by atoms with Crippen LogP contribution in [-0.4, -0.2) is 64.8 Å². The summed E-state index contributed by atoms with van der Waals surface area (Å²) < 4.78 is 34.9. The molecular formula is C25H27F2N7O. The zero-order valence-corrected chi connectivity index (χ0v) is 19.7. The summed E-state index contributed by atoms with van der Waals surface area (Å²) in [6.45, 7) is 3.19. The lowest BCUT2D eigenvalue weighted by Gasteiger charge is -2.27. The number of anilines is 3. The van der Waals surface area contributed by atoms with Crippen LogP contribution in [0.25, 0.3) is 16.9 Å². The molecule has 0 bridgehead atoms. The maximum atomic E-state index is 14.0. The summed E-state index contributed by atoms with van der Waals surface area (Å²) in [4.78, 5) is 17.7. The number of nitrogens with one attached hydrogen (secondary N) is 1. The maximum absolute atomic E-state index is 14.0. The van der Waals surface area contributed by atoms with Crippen molar-refractivity contribution in [2.45, 2.75) is 13.0 Å². The summed E-state index contributed by atoms with van der Waals surface area (Å²) in [6.07, 6.45) is -2.76. The van der Waals surface area contributed by atoms with Crippen LogP contribution in [0.15, 0.2) is 54.6 Å². The van der Waals surface area contributed by atoms with Crippen LogP contribution in [0.4, 0.5) is 26.2 Å². The lowest BCUT2D eigenvalue weighted by atomic mass is 10.2. The standard InChI is InChI=1S/C25H27F2N7O/c1-32(2)16-17-7-9-18(10-8-17)28-21-15-22(31-25(30-21)33-11-13-35-14-12-33)34-20-6-4-3-5-19(20)29-24(34)23(26)27/h3-10,15,23H,11-14,16H2,1-2H3,(H,28,30,31). The molecule has 35 heavy (non-hydrogen) atoms. The molecule has 1 aliphatic rings. The van der Waals surface area contributed by atoms with Gasteiger partial charge in [-0.15, -0.1) is 0 Å². The van der Waals surface area contributed by atoms with Gasteiger partial charge in [0.25, 0.3) is 6.43 Å². The normalized spacial score (nSPS) is 14.3. The number of ether oxygens (including phenoxy) is 1. The molecule has 0 saturated carbocycles. The van der Waals surface area contributed by atoms with Crippen molar-refractivity contribution in [1.29, 1.82) is 0 Å². The minimum Gasteiger partial charge on any atom is -0.378 e. The fraction of sp³-hybridized carbons (Fsp3) is 0.320. The Morgan fingerprint density at radius 2 is 1.74 bits per heavy atom. The predicted octanol–water partition coefficient (Wildman–Crippen LogP) is 4.39. The smallest absolute Gasteiger partial charge is 0.296 e. The van der Waals surface area contributed by atoms with Gasteiger partial charge in [0.1, 0.15) is 11.6 Å². The molecule has 3 heterocycles. The second-order valence-electron chi connectivity index (χ2n) is 8.67. The zero-order chi connectivity index (χ0) is 24.4. The van der Waals surface area contributed by atoms with E-state index in [9.17, 15) is 8.78 Å². The SMILES string of the molecule is CN(C)Cc1ccc(Nc2cc(-n3c(C(F)F)nc4ccccc43)nc(N3CCOCC3)n2)cc1. The van der Waals surface area contributed by atoms with Crippen molar-refractivity contribution in [3.8, 4) is 5.82 Å². The van der Waals surface area contributed by atoms with E-state index >= 15 is 0 Å². The van der Waals surface area contributed by atoms with Crippen molar-refractivity contribution in [1.82, 2.24) is 24.4 Å². The van der Waals surface area contributed by atoms with Crippen molar-refractivity contribution in [2.75, 3.05) is 50.6 Å². The highest BCUT2D eigenvalue weighted by Gasteiger charge is 2.23. The molecule has 4 aromatic rings. The highest BCUT2D eigenvalue weighted by Crippen LogP contribution is 2.29. The molecule has 0 atom stereocenters. The molecule has 1 fully saturated rings. The molecule has 0 radical (unpaired) electrons. The summed E-state index contributed by atoms with van der Waals surface area (Å²) in [5, 5.41) is 3.32. The zero-order valence-electron chi connectivity index (χ0n) is 19.7. The van der Waals surface area contributed by atoms with Crippen LogP contribution in [0, 0.1) is 0 Å². The summed E-state index contributed by atoms with van der Waals surface area (Å²) in [7, 11) is 4.05. The van der Waals surface area contributed by atoms with Crippen molar-refractivity contribution >= 4 is 28.5 Å². The average molecular weight is 480 g/mol. The predicted molar refractivity (Wildman–Crippen MR) is 132 cm³/mol. The van der Waals surface area contributed by atoms with E-state index in [1.807, 2.05) is 43.3 Å². The number of nitrogens with zero attached hydrogens (tertiary/aromatic N) is 6. The minimum absolute atomic E-state index is 0.331. The Hall–Kier alpha value is -3.63. The molecular weight excluding hydrogens is 452 g/mol. The van der Waals surface area contributed by atoms with Crippen molar-refractivity contribution in [3.63, 3.8) is 0 Å². The van der Waals surface area contributed by atoms with Gasteiger partial charge >= 0.3 is 0 Å². The van der Waals surface area contributed by atoms with Gasteiger partial charge in [-0.25, -0.2) is 13.8 Å². The van der Waals surface area contributed by atoms with Gasteiger partial charge in [0.05, 0.1) is 24.2 Å². The molecule has 0 aliphatic carbocycles. The molecule has 5 rings (SSSR count). The topological polar surface area (TPSA) is 71.3 Å². The van der Waals surface area contributed by atoms with Crippen molar-refractivity contribution < 1.29 is 13.5 Å². The fourth-order valence-electron chi connectivity index (χ4n) is 4.14. The summed E-state index contributed by atoms with van der Waals surface area (Å²) >= 11 is 0. The molecule has 2 aromatic carbocycles. The third-order valence-electron chi connectivity index (χ3n) is 5.73. The molecule has 1 aliphatic heterocycles. The molecule has 10 heteroatoms. The first-order valence-electron chi connectivity index (χ1n) is 11.5. The van der Waals surface area contributed by atoms with Gasteiger partial charge in [0.2, 0.25) is 5.95 Å². The van der Waals surface area contributed by atoms with Crippen LogP contribution in [0.3, 0.4) is 0 Å². The first-order chi connectivity index (χ1) is 17.0. The van der Waals surface area contributed by atoms with Crippen LogP contribution in [0.5, 0.6) is 0 Å². The highest BCUT2D eigenvalue weighted by molar-refractivity contribution is 5.78. The van der Waals surface area contributed by atoms with E-state index in [0.717, 1.165) is 12.2 Å². The van der Waals surface area contributed by atoms with Crippen LogP contribution in [-0.2, 0) is 11.3 Å². The first-order valence-corrected chi connectivity index (χ1v) is 11.5. The van der Waals surface area contributed by atoms with E-state index in [1.54, 1.807) is 30.3 Å². The first kappa shape index (κ1) is 23.1. The molecule has 1 saturated heterocycles. The van der Waals surface area contributed by atoms with Gasteiger partial charge in [-0.2, -0.15) is 9.97 Å². The summed E-state index contributed by atoms with van der Waals surface area (Å²) in [5.74, 6) is 0.944. The average Bonchev–Trinajstić information content (AvgIpc) is 3.25. The number of halogens is 2. The number of para-hydroxylation sites is 2. The number of hydrogen-bond donors (Lipinski definition) is 1. The second-order valence-corrected chi connectivity index (χ2v) is 8.67. The summed E-state index contributed by atoms with van der Waals surface area (Å²) in [5.41, 5.74) is 3.08. The molecule has 0 spiro atoms. The Labute approximate surface area is 202 Å². The third kappa shape index (κ3) is 5.08. The molecule has 1 N–H and O–H groups in total. The Bertz CT molecular complexity index is 1300. The van der Waals surface area contributed by atoms with Gasteiger partial charge in [0.15, 0.2) is 5.82 Å². The maximum Gasteiger partial charge on any atom is 0.296 e. The Morgan fingerprint density at radius 3 is 2.46 bits per heavy atom. The van der Waals surface area contributed by atoms with Gasteiger partial charge in [-0.05, 0) is 43.9 Å². The number of aromatic nitrogens is 4. The van der Waals surface area contributed by atoms with E-state index in [0.29, 0.717) is 54.9 Å². The minimum atomic E-state index is -2.76. The number of alkyl halides is 2. The lowest BCUT2D eigenvalue weighted by Crippen LogP contribution is -2.37.